The van der Waals surface area contributed by atoms with Crippen LogP contribution in [0.4, 0.5) is 5.69 Å². The normalized spacial score (nSPS) is 17.8. The molecule has 32 heavy (non-hydrogen) atoms. The van der Waals surface area contributed by atoms with Gasteiger partial charge in [-0.3, -0.25) is 9.69 Å². The second-order valence-corrected chi connectivity index (χ2v) is 8.54. The minimum Gasteiger partial charge on any atom is -0.497 e. The van der Waals surface area contributed by atoms with E-state index < -0.39 is 0 Å². The van der Waals surface area contributed by atoms with E-state index in [9.17, 15) is 4.79 Å². The van der Waals surface area contributed by atoms with Gasteiger partial charge in [0.1, 0.15) is 5.75 Å². The molecular formula is C25H32N2O5. The Morgan fingerprint density at radius 2 is 2.06 bits per heavy atom. The number of hydrogen-bond donors (Lipinski definition) is 1. The SMILES string of the molecule is COc1ccc(NC(=O)CCC2CCCN(Cc3cc(OC)c4c(c3)OCO4)C2)c(C)c1. The van der Waals surface area contributed by atoms with E-state index in [0.717, 1.165) is 67.2 Å². The molecule has 1 N–H and O–H groups in total. The van der Waals surface area contributed by atoms with Gasteiger partial charge in [-0.2, -0.15) is 0 Å². The zero-order chi connectivity index (χ0) is 22.5. The van der Waals surface area contributed by atoms with E-state index in [2.05, 4.69) is 10.2 Å². The van der Waals surface area contributed by atoms with Gasteiger partial charge < -0.3 is 24.3 Å². The van der Waals surface area contributed by atoms with E-state index >= 15 is 0 Å². The summed E-state index contributed by atoms with van der Waals surface area (Å²) >= 11 is 0. The number of ether oxygens (including phenoxy) is 4. The molecule has 0 radical (unpaired) electrons. The third-order valence-corrected chi connectivity index (χ3v) is 6.21. The Kier molecular flexibility index (Phi) is 7.05. The van der Waals surface area contributed by atoms with Crippen LogP contribution in [0.1, 0.15) is 36.8 Å². The second-order valence-electron chi connectivity index (χ2n) is 8.54. The highest BCUT2D eigenvalue weighted by Crippen LogP contribution is 2.42. The van der Waals surface area contributed by atoms with E-state index in [1.165, 1.54) is 0 Å². The first kappa shape index (κ1) is 22.3. The summed E-state index contributed by atoms with van der Waals surface area (Å²) in [5, 5.41) is 3.04. The number of nitrogens with one attached hydrogen (secondary N) is 1. The van der Waals surface area contributed by atoms with Gasteiger partial charge in [0.15, 0.2) is 11.5 Å². The maximum atomic E-state index is 12.5. The van der Waals surface area contributed by atoms with Crippen molar-refractivity contribution in [2.24, 2.45) is 5.92 Å². The minimum absolute atomic E-state index is 0.0656. The molecule has 2 heterocycles. The van der Waals surface area contributed by atoms with E-state index in [-0.39, 0.29) is 12.7 Å². The average Bonchev–Trinajstić information content (AvgIpc) is 3.27. The Bertz CT molecular complexity index is 962. The molecule has 1 amide bonds. The number of fused-ring (bicyclic) bond motifs is 1. The number of nitrogens with zero attached hydrogens (tertiary/aromatic N) is 1. The molecule has 0 saturated carbocycles. The predicted octanol–water partition coefficient (Wildman–Crippen LogP) is 4.37. The summed E-state index contributed by atoms with van der Waals surface area (Å²) in [6, 6.07) is 9.77. The van der Waals surface area contributed by atoms with Gasteiger partial charge in [-0.1, -0.05) is 0 Å². The first-order valence-electron chi connectivity index (χ1n) is 11.2. The molecule has 2 aromatic carbocycles. The maximum absolute atomic E-state index is 12.5. The number of hydrogen-bond acceptors (Lipinski definition) is 6. The van der Waals surface area contributed by atoms with Crippen LogP contribution in [0, 0.1) is 12.8 Å². The smallest absolute Gasteiger partial charge is 0.231 e. The first-order chi connectivity index (χ1) is 15.6. The fourth-order valence-corrected chi connectivity index (χ4v) is 4.52. The molecule has 1 unspecified atom stereocenters. The van der Waals surface area contributed by atoms with Crippen molar-refractivity contribution in [3.63, 3.8) is 0 Å². The van der Waals surface area contributed by atoms with Crippen molar-refractivity contribution >= 4 is 11.6 Å². The Labute approximate surface area is 189 Å². The zero-order valence-corrected chi connectivity index (χ0v) is 19.1. The van der Waals surface area contributed by atoms with Crippen molar-refractivity contribution in [2.45, 2.75) is 39.2 Å². The molecule has 0 aliphatic carbocycles. The van der Waals surface area contributed by atoms with Crippen LogP contribution in [-0.2, 0) is 11.3 Å². The van der Waals surface area contributed by atoms with Crippen LogP contribution in [0.25, 0.3) is 0 Å². The molecule has 2 aromatic rings. The molecule has 2 aliphatic rings. The lowest BCUT2D eigenvalue weighted by atomic mass is 9.93. The van der Waals surface area contributed by atoms with E-state index in [4.69, 9.17) is 18.9 Å². The van der Waals surface area contributed by atoms with Crippen LogP contribution in [0.3, 0.4) is 0 Å². The van der Waals surface area contributed by atoms with Gasteiger partial charge in [0.25, 0.3) is 0 Å². The number of rotatable bonds is 8. The molecule has 0 bridgehead atoms. The Balaban J connectivity index is 1.28. The topological polar surface area (TPSA) is 69.3 Å². The number of benzene rings is 2. The fourth-order valence-electron chi connectivity index (χ4n) is 4.52. The van der Waals surface area contributed by atoms with Crippen LogP contribution < -0.4 is 24.3 Å². The molecule has 172 valence electrons. The molecule has 4 rings (SSSR count). The maximum Gasteiger partial charge on any atom is 0.231 e. The summed E-state index contributed by atoms with van der Waals surface area (Å²) < 4.78 is 21.7. The molecule has 0 aromatic heterocycles. The van der Waals surface area contributed by atoms with Crippen LogP contribution in [0.5, 0.6) is 23.0 Å². The minimum atomic E-state index is 0.0656. The highest BCUT2D eigenvalue weighted by molar-refractivity contribution is 5.91. The fraction of sp³-hybridized carbons (Fsp3) is 0.480. The molecule has 2 aliphatic heterocycles. The van der Waals surface area contributed by atoms with E-state index in [1.54, 1.807) is 14.2 Å². The van der Waals surface area contributed by atoms with E-state index in [0.29, 0.717) is 23.8 Å². The summed E-state index contributed by atoms with van der Waals surface area (Å²) in [5.41, 5.74) is 3.00. The summed E-state index contributed by atoms with van der Waals surface area (Å²) in [5.74, 6) is 3.53. The average molecular weight is 441 g/mol. The van der Waals surface area contributed by atoms with Gasteiger partial charge in [-0.05, 0) is 80.1 Å². The monoisotopic (exact) mass is 440 g/mol. The van der Waals surface area contributed by atoms with Crippen molar-refractivity contribution in [1.29, 1.82) is 0 Å². The quantitative estimate of drug-likeness (QED) is 0.657. The summed E-state index contributed by atoms with van der Waals surface area (Å²) in [4.78, 5) is 15.0. The highest BCUT2D eigenvalue weighted by Gasteiger charge is 2.24. The van der Waals surface area contributed by atoms with Gasteiger partial charge in [-0.25, -0.2) is 0 Å². The number of likely N-dealkylation sites (tertiary alicyclic amines) is 1. The van der Waals surface area contributed by atoms with Crippen LogP contribution in [0.15, 0.2) is 30.3 Å². The molecule has 7 nitrogen and oxygen atoms in total. The number of aryl methyl sites for hydroxylation is 1. The molecule has 1 atom stereocenters. The number of carbonyl (C=O) groups excluding carboxylic acids is 1. The van der Waals surface area contributed by atoms with Crippen molar-refractivity contribution in [2.75, 3.05) is 39.4 Å². The number of amides is 1. The first-order valence-corrected chi connectivity index (χ1v) is 11.2. The molecule has 1 saturated heterocycles. The van der Waals surface area contributed by atoms with Gasteiger partial charge in [0, 0.05) is 25.2 Å². The van der Waals surface area contributed by atoms with Gasteiger partial charge in [0.05, 0.1) is 14.2 Å². The Morgan fingerprint density at radius 3 is 2.84 bits per heavy atom. The second kappa shape index (κ2) is 10.1. The lowest BCUT2D eigenvalue weighted by Gasteiger charge is -2.32. The molecular weight excluding hydrogens is 408 g/mol. The van der Waals surface area contributed by atoms with Crippen LogP contribution >= 0.6 is 0 Å². The Hall–Kier alpha value is -2.93. The number of piperidine rings is 1. The molecule has 0 spiro atoms. The van der Waals surface area contributed by atoms with Crippen molar-refractivity contribution in [3.8, 4) is 23.0 Å². The van der Waals surface area contributed by atoms with Gasteiger partial charge in [0.2, 0.25) is 18.4 Å². The lowest BCUT2D eigenvalue weighted by Crippen LogP contribution is -2.35. The van der Waals surface area contributed by atoms with E-state index in [1.807, 2.05) is 37.3 Å². The predicted molar refractivity (Wildman–Crippen MR) is 123 cm³/mol. The summed E-state index contributed by atoms with van der Waals surface area (Å²) in [6.07, 6.45) is 3.73. The van der Waals surface area contributed by atoms with Crippen LogP contribution in [0.2, 0.25) is 0 Å². The van der Waals surface area contributed by atoms with Crippen molar-refractivity contribution in [3.05, 3.63) is 41.5 Å². The highest BCUT2D eigenvalue weighted by atomic mass is 16.7. The number of carbonyl (C=O) groups is 1. The number of methoxy groups -OCH3 is 2. The van der Waals surface area contributed by atoms with Gasteiger partial charge in [-0.15, -0.1) is 0 Å². The summed E-state index contributed by atoms with van der Waals surface area (Å²) in [6.45, 7) is 5.10. The summed E-state index contributed by atoms with van der Waals surface area (Å²) in [7, 11) is 3.29. The lowest BCUT2D eigenvalue weighted by molar-refractivity contribution is -0.116. The standard InChI is InChI=1S/C25H32N2O5/c1-17-11-20(29-2)7-8-21(17)26-24(28)9-6-18-5-4-10-27(14-18)15-19-12-22(30-3)25-23(13-19)31-16-32-25/h7-8,11-13,18H,4-6,9-10,14-16H2,1-3H3,(H,26,28). The van der Waals surface area contributed by atoms with Crippen molar-refractivity contribution < 1.29 is 23.7 Å². The van der Waals surface area contributed by atoms with Crippen LogP contribution in [-0.4, -0.2) is 44.9 Å². The molecule has 7 heteroatoms. The van der Waals surface area contributed by atoms with Crippen molar-refractivity contribution in [1.82, 2.24) is 4.90 Å². The third kappa shape index (κ3) is 5.27. The third-order valence-electron chi connectivity index (χ3n) is 6.21. The molecule has 1 fully saturated rings. The zero-order valence-electron chi connectivity index (χ0n) is 19.1. The van der Waals surface area contributed by atoms with Gasteiger partial charge >= 0.3 is 0 Å². The largest absolute Gasteiger partial charge is 0.497 e. The Morgan fingerprint density at radius 1 is 1.19 bits per heavy atom. The number of anilines is 1.